The molecule has 1 atom stereocenters. The van der Waals surface area contributed by atoms with Gasteiger partial charge in [-0.25, -0.2) is 13.2 Å². The predicted octanol–water partition coefficient (Wildman–Crippen LogP) is 3.06. The molecule has 0 amide bonds. The molecule has 0 aliphatic heterocycles. The Hall–Kier alpha value is -2.64. The van der Waals surface area contributed by atoms with E-state index in [2.05, 4.69) is 5.32 Å². The molecule has 0 aliphatic rings. The number of aryl methyl sites for hydroxylation is 1. The number of nitrogens with one attached hydrogen (secondary N) is 1. The fraction of sp³-hybridized carbons (Fsp3) is 0.250. The van der Waals surface area contributed by atoms with Crippen LogP contribution in [-0.4, -0.2) is 19.8 Å². The molecular weight excluding hydrogens is 366 g/mol. The third kappa shape index (κ3) is 4.04. The summed E-state index contributed by atoms with van der Waals surface area (Å²) in [6.45, 7) is 4.07. The van der Waals surface area contributed by atoms with Crippen LogP contribution in [0.4, 0.5) is 0 Å². The van der Waals surface area contributed by atoms with Gasteiger partial charge in [0, 0.05) is 35.9 Å². The van der Waals surface area contributed by atoms with E-state index in [1.165, 1.54) is 12.3 Å². The highest BCUT2D eigenvalue weighted by Crippen LogP contribution is 2.27. The highest BCUT2D eigenvalue weighted by atomic mass is 32.2. The first kappa shape index (κ1) is 19.1. The van der Waals surface area contributed by atoms with Crippen molar-refractivity contribution in [1.82, 2.24) is 5.32 Å². The second-order valence-electron chi connectivity index (χ2n) is 6.62. The van der Waals surface area contributed by atoms with Crippen LogP contribution in [0, 0.1) is 6.92 Å². The minimum absolute atomic E-state index is 0.0564. The van der Waals surface area contributed by atoms with Crippen molar-refractivity contribution in [3.63, 3.8) is 0 Å². The third-order valence-corrected chi connectivity index (χ3v) is 5.75. The van der Waals surface area contributed by atoms with Gasteiger partial charge in [-0.05, 0) is 49.2 Å². The van der Waals surface area contributed by atoms with E-state index in [1.54, 1.807) is 43.3 Å². The summed E-state index contributed by atoms with van der Waals surface area (Å²) in [5.74, 6) is 0.0788. The van der Waals surface area contributed by atoms with Crippen molar-refractivity contribution in [3.8, 4) is 5.75 Å². The zero-order valence-corrected chi connectivity index (χ0v) is 16.1. The van der Waals surface area contributed by atoms with E-state index in [0.29, 0.717) is 17.7 Å². The van der Waals surface area contributed by atoms with Gasteiger partial charge in [-0.1, -0.05) is 12.1 Å². The Morgan fingerprint density at radius 1 is 1.15 bits per heavy atom. The largest absolute Gasteiger partial charge is 0.508 e. The van der Waals surface area contributed by atoms with Gasteiger partial charge in [-0.3, -0.25) is 0 Å². The molecule has 3 rings (SSSR count). The van der Waals surface area contributed by atoms with Crippen molar-refractivity contribution < 1.29 is 17.9 Å². The minimum Gasteiger partial charge on any atom is -0.508 e. The van der Waals surface area contributed by atoms with E-state index in [0.717, 1.165) is 16.5 Å². The molecular formula is C20H21NO5S. The van der Waals surface area contributed by atoms with Gasteiger partial charge in [-0.15, -0.1) is 0 Å². The quantitative estimate of drug-likeness (QED) is 0.653. The molecule has 6 nitrogen and oxygen atoms in total. The summed E-state index contributed by atoms with van der Waals surface area (Å²) in [6.07, 6.45) is 1.18. The predicted molar refractivity (Wildman–Crippen MR) is 104 cm³/mol. The van der Waals surface area contributed by atoms with Crippen LogP contribution in [0.1, 0.15) is 29.7 Å². The first-order chi connectivity index (χ1) is 12.7. The second-order valence-corrected chi connectivity index (χ2v) is 8.64. The first-order valence-electron chi connectivity index (χ1n) is 8.45. The standard InChI is InChI=1S/C20H21NO5S/c1-12-18(22)9-8-17-15(10-19(23)26-20(12)17)11-21-13(2)14-4-6-16(7-5-14)27(3,24)25/h4-10,13,21-22H,11H2,1-3H3. The summed E-state index contributed by atoms with van der Waals surface area (Å²) in [4.78, 5) is 12.2. The maximum atomic E-state index is 11.9. The Balaban J connectivity index is 1.84. The summed E-state index contributed by atoms with van der Waals surface area (Å²) < 4.78 is 28.4. The summed E-state index contributed by atoms with van der Waals surface area (Å²) in [5, 5.41) is 13.9. The van der Waals surface area contributed by atoms with Crippen LogP contribution in [0.15, 0.2) is 56.6 Å². The van der Waals surface area contributed by atoms with Crippen LogP contribution in [-0.2, 0) is 16.4 Å². The molecule has 1 aromatic heterocycles. The van der Waals surface area contributed by atoms with Gasteiger partial charge in [0.05, 0.1) is 4.90 Å². The molecule has 2 N–H and O–H groups in total. The third-order valence-electron chi connectivity index (χ3n) is 4.62. The van der Waals surface area contributed by atoms with Gasteiger partial charge >= 0.3 is 5.63 Å². The molecule has 27 heavy (non-hydrogen) atoms. The topological polar surface area (TPSA) is 96.6 Å². The number of phenolic OH excluding ortho intramolecular Hbond substituents is 1. The molecule has 2 aromatic carbocycles. The molecule has 0 saturated heterocycles. The number of sulfone groups is 1. The van der Waals surface area contributed by atoms with Crippen LogP contribution in [0.3, 0.4) is 0 Å². The summed E-state index contributed by atoms with van der Waals surface area (Å²) in [7, 11) is -3.22. The first-order valence-corrected chi connectivity index (χ1v) is 10.3. The zero-order valence-electron chi connectivity index (χ0n) is 15.3. The van der Waals surface area contributed by atoms with Gasteiger partial charge in [0.25, 0.3) is 0 Å². The van der Waals surface area contributed by atoms with Gasteiger partial charge in [-0.2, -0.15) is 0 Å². The van der Waals surface area contributed by atoms with Crippen molar-refractivity contribution in [2.24, 2.45) is 0 Å². The monoisotopic (exact) mass is 387 g/mol. The van der Waals surface area contributed by atoms with Crippen LogP contribution in [0.25, 0.3) is 11.0 Å². The fourth-order valence-corrected chi connectivity index (χ4v) is 3.58. The second kappa shape index (κ2) is 7.17. The Bertz CT molecular complexity index is 1150. The van der Waals surface area contributed by atoms with Crippen molar-refractivity contribution in [1.29, 1.82) is 0 Å². The van der Waals surface area contributed by atoms with Crippen molar-refractivity contribution in [2.75, 3.05) is 6.26 Å². The number of rotatable bonds is 5. The van der Waals surface area contributed by atoms with Crippen molar-refractivity contribution in [2.45, 2.75) is 31.3 Å². The van der Waals surface area contributed by atoms with Gasteiger partial charge in [0.1, 0.15) is 11.3 Å². The molecule has 0 saturated carbocycles. The van der Waals surface area contributed by atoms with E-state index in [1.807, 2.05) is 6.92 Å². The highest BCUT2D eigenvalue weighted by Gasteiger charge is 2.13. The molecule has 0 bridgehead atoms. The van der Waals surface area contributed by atoms with E-state index in [-0.39, 0.29) is 16.7 Å². The SMILES string of the molecule is Cc1c(O)ccc2c(CNC(C)c3ccc(S(C)(=O)=O)cc3)cc(=O)oc12. The molecule has 7 heteroatoms. The zero-order chi connectivity index (χ0) is 19.8. The molecule has 3 aromatic rings. The molecule has 1 heterocycles. The molecule has 0 aliphatic carbocycles. The highest BCUT2D eigenvalue weighted by molar-refractivity contribution is 7.90. The number of phenols is 1. The molecule has 142 valence electrons. The summed E-state index contributed by atoms with van der Waals surface area (Å²) >= 11 is 0. The minimum atomic E-state index is -3.22. The van der Waals surface area contributed by atoms with Crippen LogP contribution < -0.4 is 10.9 Å². The van der Waals surface area contributed by atoms with E-state index >= 15 is 0 Å². The Kier molecular flexibility index (Phi) is 5.08. The fourth-order valence-electron chi connectivity index (χ4n) is 2.95. The van der Waals surface area contributed by atoms with E-state index < -0.39 is 15.5 Å². The summed E-state index contributed by atoms with van der Waals surface area (Å²) in [5.41, 5.74) is 2.13. The van der Waals surface area contributed by atoms with E-state index in [4.69, 9.17) is 4.42 Å². The lowest BCUT2D eigenvalue weighted by Crippen LogP contribution is -2.19. The lowest BCUT2D eigenvalue weighted by Gasteiger charge is -2.16. The Labute approximate surface area is 157 Å². The average molecular weight is 387 g/mol. The van der Waals surface area contributed by atoms with Crippen molar-refractivity contribution in [3.05, 3.63) is 69.6 Å². The smallest absolute Gasteiger partial charge is 0.336 e. The van der Waals surface area contributed by atoms with Gasteiger partial charge in [0.15, 0.2) is 9.84 Å². The number of benzene rings is 2. The van der Waals surface area contributed by atoms with Gasteiger partial charge < -0.3 is 14.8 Å². The molecule has 0 radical (unpaired) electrons. The van der Waals surface area contributed by atoms with Gasteiger partial charge in [0.2, 0.25) is 0 Å². The Morgan fingerprint density at radius 3 is 2.44 bits per heavy atom. The van der Waals surface area contributed by atoms with Crippen LogP contribution >= 0.6 is 0 Å². The van der Waals surface area contributed by atoms with Crippen molar-refractivity contribution >= 4 is 20.8 Å². The maximum Gasteiger partial charge on any atom is 0.336 e. The molecule has 0 fully saturated rings. The molecule has 1 unspecified atom stereocenters. The number of fused-ring (bicyclic) bond motifs is 1. The summed E-state index contributed by atoms with van der Waals surface area (Å²) in [6, 6.07) is 11.4. The average Bonchev–Trinajstić information content (AvgIpc) is 2.62. The maximum absolute atomic E-state index is 11.9. The lowest BCUT2D eigenvalue weighted by molar-refractivity contribution is 0.468. The van der Waals surface area contributed by atoms with Crippen LogP contribution in [0.2, 0.25) is 0 Å². The van der Waals surface area contributed by atoms with E-state index in [9.17, 15) is 18.3 Å². The normalized spacial score (nSPS) is 13.0. The van der Waals surface area contributed by atoms with Crippen LogP contribution in [0.5, 0.6) is 5.75 Å². The number of aromatic hydroxyl groups is 1. The lowest BCUT2D eigenvalue weighted by atomic mass is 10.0. The number of hydrogen-bond acceptors (Lipinski definition) is 6. The number of hydrogen-bond donors (Lipinski definition) is 2. The molecule has 0 spiro atoms. The Morgan fingerprint density at radius 2 is 1.81 bits per heavy atom.